The Morgan fingerprint density at radius 2 is 1.92 bits per heavy atom. The fraction of sp³-hybridized carbons (Fsp3) is 0.393. The smallest absolute Gasteiger partial charge is 0.240 e. The Bertz CT molecular complexity index is 1330. The van der Waals surface area contributed by atoms with E-state index in [4.69, 9.17) is 16.3 Å². The molecule has 1 atom stereocenters. The first-order chi connectivity index (χ1) is 17.8. The summed E-state index contributed by atoms with van der Waals surface area (Å²) in [6.07, 6.45) is 3.16. The van der Waals surface area contributed by atoms with Gasteiger partial charge in [0.15, 0.2) is 0 Å². The third-order valence-corrected chi connectivity index (χ3v) is 8.89. The Hall–Kier alpha value is -2.39. The fourth-order valence-electron chi connectivity index (χ4n) is 4.58. The molecule has 0 spiro atoms. The lowest BCUT2D eigenvalue weighted by molar-refractivity contribution is -0.133. The summed E-state index contributed by atoms with van der Waals surface area (Å²) in [5.74, 6) is 0.751. The van der Waals surface area contributed by atoms with E-state index in [1.54, 1.807) is 29.5 Å². The second-order valence-electron chi connectivity index (χ2n) is 9.32. The summed E-state index contributed by atoms with van der Waals surface area (Å²) in [4.78, 5) is 15.8. The van der Waals surface area contributed by atoms with E-state index < -0.39 is 10.0 Å². The number of ether oxygens (including phenoxy) is 1. The van der Waals surface area contributed by atoms with Gasteiger partial charge in [0.25, 0.3) is 0 Å². The molecule has 0 fully saturated rings. The predicted molar refractivity (Wildman–Crippen MR) is 149 cm³/mol. The Morgan fingerprint density at radius 3 is 2.65 bits per heavy atom. The zero-order valence-corrected chi connectivity index (χ0v) is 23.6. The van der Waals surface area contributed by atoms with Crippen LogP contribution in [0.4, 0.5) is 0 Å². The van der Waals surface area contributed by atoms with E-state index >= 15 is 0 Å². The third kappa shape index (κ3) is 6.93. The van der Waals surface area contributed by atoms with Crippen LogP contribution in [0, 0.1) is 0 Å². The van der Waals surface area contributed by atoms with Crippen molar-refractivity contribution in [1.82, 2.24) is 9.62 Å². The number of sulfonamides is 1. The van der Waals surface area contributed by atoms with Crippen LogP contribution >= 0.6 is 22.9 Å². The summed E-state index contributed by atoms with van der Waals surface area (Å²) in [6, 6.07) is 12.7. The number of hydrogen-bond acceptors (Lipinski definition) is 5. The quantitative estimate of drug-likeness (QED) is 0.312. The first kappa shape index (κ1) is 27.6. The number of nitrogens with one attached hydrogen (secondary N) is 1. The lowest BCUT2D eigenvalue weighted by atomic mass is 10.1. The topological polar surface area (TPSA) is 75.7 Å². The summed E-state index contributed by atoms with van der Waals surface area (Å²) in [5.41, 5.74) is 3.88. The van der Waals surface area contributed by atoms with Crippen molar-refractivity contribution in [2.75, 3.05) is 13.2 Å². The van der Waals surface area contributed by atoms with Crippen LogP contribution in [0.5, 0.6) is 5.75 Å². The molecule has 3 aromatic rings. The number of fused-ring (bicyclic) bond motifs is 1. The zero-order valence-electron chi connectivity index (χ0n) is 21.2. The second kappa shape index (κ2) is 12.4. The molecule has 4 rings (SSSR count). The number of carbonyl (C=O) groups excluding carboxylic acids is 1. The lowest BCUT2D eigenvalue weighted by Crippen LogP contribution is -2.41. The highest BCUT2D eigenvalue weighted by atomic mass is 35.5. The van der Waals surface area contributed by atoms with Crippen molar-refractivity contribution in [3.63, 3.8) is 0 Å². The van der Waals surface area contributed by atoms with Gasteiger partial charge in [0, 0.05) is 29.7 Å². The van der Waals surface area contributed by atoms with Gasteiger partial charge in [-0.05, 0) is 89.5 Å². The highest BCUT2D eigenvalue weighted by molar-refractivity contribution is 7.89. The number of halogens is 1. The highest BCUT2D eigenvalue weighted by Gasteiger charge is 2.32. The van der Waals surface area contributed by atoms with Gasteiger partial charge in [0.05, 0.1) is 17.9 Å². The molecule has 1 heterocycles. The van der Waals surface area contributed by atoms with Crippen molar-refractivity contribution in [3.8, 4) is 5.75 Å². The van der Waals surface area contributed by atoms with E-state index in [1.165, 1.54) is 0 Å². The molecule has 6 nitrogen and oxygen atoms in total. The Labute approximate surface area is 228 Å². The molecule has 2 aromatic carbocycles. The van der Waals surface area contributed by atoms with Crippen molar-refractivity contribution in [1.29, 1.82) is 0 Å². The lowest BCUT2D eigenvalue weighted by Gasteiger charge is -2.30. The van der Waals surface area contributed by atoms with Crippen molar-refractivity contribution in [3.05, 3.63) is 80.5 Å². The molecule has 0 saturated heterocycles. The molecule has 9 heteroatoms. The molecule has 1 aliphatic carbocycles. The first-order valence-electron chi connectivity index (χ1n) is 12.6. The minimum atomic E-state index is -3.56. The van der Waals surface area contributed by atoms with Gasteiger partial charge in [-0.15, -0.1) is 0 Å². The maximum atomic E-state index is 13.7. The van der Waals surface area contributed by atoms with Crippen LogP contribution in [-0.2, 0) is 40.6 Å². The largest absolute Gasteiger partial charge is 0.493 e. The number of benzene rings is 2. The van der Waals surface area contributed by atoms with Crippen LogP contribution in [0.15, 0.2) is 58.1 Å². The van der Waals surface area contributed by atoms with E-state index in [0.29, 0.717) is 44.0 Å². The number of hydrogen-bond donors (Lipinski definition) is 1. The number of rotatable bonds is 12. The molecule has 1 aliphatic rings. The van der Waals surface area contributed by atoms with Gasteiger partial charge in [-0.2, -0.15) is 11.3 Å². The monoisotopic (exact) mass is 560 g/mol. The standard InChI is InChI=1S/C28H33ClN2O4S2/c1-3-10-30-37(33,34)26-7-5-21-15-25(16-22(21)17-26)31(28(32)13-20-9-12-36-19-20)18-23-14-24(29)6-8-27(23)35-11-4-2/h5-9,12,14,17,19,25,30H,3-4,10-11,13,15-16,18H2,1-2H3. The first-order valence-corrected chi connectivity index (χ1v) is 15.4. The SMILES string of the molecule is CCCNS(=O)(=O)c1ccc2c(c1)CC(N(Cc1cc(Cl)ccc1OCCC)C(=O)Cc1ccsc1)C2. The average molecular weight is 561 g/mol. The van der Waals surface area contributed by atoms with E-state index in [9.17, 15) is 13.2 Å². The molecule has 1 N–H and O–H groups in total. The van der Waals surface area contributed by atoms with Gasteiger partial charge in [0.1, 0.15) is 5.75 Å². The molecule has 198 valence electrons. The van der Waals surface area contributed by atoms with Crippen molar-refractivity contribution in [2.24, 2.45) is 0 Å². The molecule has 1 aromatic heterocycles. The van der Waals surface area contributed by atoms with Crippen molar-refractivity contribution < 1.29 is 17.9 Å². The van der Waals surface area contributed by atoms with Crippen LogP contribution in [0.3, 0.4) is 0 Å². The van der Waals surface area contributed by atoms with E-state index in [-0.39, 0.29) is 16.8 Å². The number of nitrogens with zero attached hydrogens (tertiary/aromatic N) is 1. The molecule has 0 saturated carbocycles. The Balaban J connectivity index is 1.61. The summed E-state index contributed by atoms with van der Waals surface area (Å²) in [6.45, 7) is 5.32. The average Bonchev–Trinajstić information content (AvgIpc) is 3.54. The normalized spacial score (nSPS) is 14.9. The van der Waals surface area contributed by atoms with Crippen molar-refractivity contribution in [2.45, 2.75) is 63.4 Å². The minimum Gasteiger partial charge on any atom is -0.493 e. The van der Waals surface area contributed by atoms with Gasteiger partial charge in [0.2, 0.25) is 15.9 Å². The maximum Gasteiger partial charge on any atom is 0.240 e. The van der Waals surface area contributed by atoms with Crippen LogP contribution in [0.25, 0.3) is 0 Å². The van der Waals surface area contributed by atoms with Gasteiger partial charge in [-0.3, -0.25) is 4.79 Å². The highest BCUT2D eigenvalue weighted by Crippen LogP contribution is 2.32. The van der Waals surface area contributed by atoms with Gasteiger partial charge in [-0.1, -0.05) is 31.5 Å². The molecule has 0 radical (unpaired) electrons. The van der Waals surface area contributed by atoms with Gasteiger partial charge in [-0.25, -0.2) is 13.1 Å². The van der Waals surface area contributed by atoms with Gasteiger partial charge < -0.3 is 9.64 Å². The van der Waals surface area contributed by atoms with Crippen LogP contribution in [-0.4, -0.2) is 38.4 Å². The summed E-state index contributed by atoms with van der Waals surface area (Å²) < 4.78 is 34.0. The van der Waals surface area contributed by atoms with Crippen molar-refractivity contribution >= 4 is 38.9 Å². The van der Waals surface area contributed by atoms with Crippen LogP contribution in [0.1, 0.15) is 48.9 Å². The molecule has 1 amide bonds. The Kier molecular flexibility index (Phi) is 9.29. The van der Waals surface area contributed by atoms with E-state index in [1.807, 2.05) is 53.8 Å². The zero-order chi connectivity index (χ0) is 26.4. The Morgan fingerprint density at radius 1 is 1.11 bits per heavy atom. The molecule has 0 aliphatic heterocycles. The minimum absolute atomic E-state index is 0.0232. The number of carbonyl (C=O) groups is 1. The molecule has 37 heavy (non-hydrogen) atoms. The van der Waals surface area contributed by atoms with E-state index in [2.05, 4.69) is 4.72 Å². The van der Waals surface area contributed by atoms with Gasteiger partial charge >= 0.3 is 0 Å². The maximum absolute atomic E-state index is 13.7. The summed E-state index contributed by atoms with van der Waals surface area (Å²) in [7, 11) is -3.56. The molecule has 0 bridgehead atoms. The molecular weight excluding hydrogens is 528 g/mol. The second-order valence-corrected chi connectivity index (χ2v) is 12.3. The molecular formula is C28H33ClN2O4S2. The van der Waals surface area contributed by atoms with Crippen LogP contribution < -0.4 is 9.46 Å². The fourth-order valence-corrected chi connectivity index (χ4v) is 6.62. The third-order valence-electron chi connectivity index (χ3n) is 6.46. The van der Waals surface area contributed by atoms with Crippen LogP contribution in [0.2, 0.25) is 5.02 Å². The predicted octanol–water partition coefficient (Wildman–Crippen LogP) is 5.62. The summed E-state index contributed by atoms with van der Waals surface area (Å²) >= 11 is 7.91. The van der Waals surface area contributed by atoms with E-state index in [0.717, 1.165) is 40.8 Å². The summed E-state index contributed by atoms with van der Waals surface area (Å²) in [5, 5.41) is 4.56. The molecule has 1 unspecified atom stereocenters. The number of amides is 1. The number of thiophene rings is 1.